The summed E-state index contributed by atoms with van der Waals surface area (Å²) in [7, 11) is 0. The molecular formula is C13H17NO3. The zero-order valence-corrected chi connectivity index (χ0v) is 10.4. The van der Waals surface area contributed by atoms with Gasteiger partial charge < -0.3 is 4.74 Å². The number of esters is 1. The Morgan fingerprint density at radius 1 is 1.41 bits per heavy atom. The standard InChI is InChI=1S/C13H17NO3/c1-4-10(13(16)17-5-2)12(15)11-9(3)7-6-8-14-11/h6-8,10H,4-5H2,1-3H3. The van der Waals surface area contributed by atoms with E-state index >= 15 is 0 Å². The van der Waals surface area contributed by atoms with E-state index in [1.54, 1.807) is 39.1 Å². The first-order valence-electron chi connectivity index (χ1n) is 5.74. The Morgan fingerprint density at radius 2 is 2.12 bits per heavy atom. The monoisotopic (exact) mass is 235 g/mol. The first-order valence-corrected chi connectivity index (χ1v) is 5.74. The summed E-state index contributed by atoms with van der Waals surface area (Å²) in [4.78, 5) is 27.8. The van der Waals surface area contributed by atoms with Gasteiger partial charge in [-0.3, -0.25) is 14.6 Å². The summed E-state index contributed by atoms with van der Waals surface area (Å²) in [6.45, 7) is 5.60. The van der Waals surface area contributed by atoms with Crippen molar-refractivity contribution in [3.05, 3.63) is 29.6 Å². The molecule has 1 heterocycles. The highest BCUT2D eigenvalue weighted by molar-refractivity contribution is 6.08. The number of carbonyl (C=O) groups is 2. The van der Waals surface area contributed by atoms with Gasteiger partial charge in [-0.15, -0.1) is 0 Å². The molecule has 1 unspecified atom stereocenters. The van der Waals surface area contributed by atoms with Gasteiger partial charge in [-0.25, -0.2) is 0 Å². The summed E-state index contributed by atoms with van der Waals surface area (Å²) in [6, 6.07) is 3.57. The molecule has 17 heavy (non-hydrogen) atoms. The highest BCUT2D eigenvalue weighted by Crippen LogP contribution is 2.15. The molecule has 0 saturated heterocycles. The number of rotatable bonds is 5. The predicted octanol–water partition coefficient (Wildman–Crippen LogP) is 2.16. The topological polar surface area (TPSA) is 56.3 Å². The summed E-state index contributed by atoms with van der Waals surface area (Å²) in [5, 5.41) is 0. The maximum absolute atomic E-state index is 12.1. The zero-order valence-electron chi connectivity index (χ0n) is 10.4. The van der Waals surface area contributed by atoms with Gasteiger partial charge in [-0.1, -0.05) is 13.0 Å². The van der Waals surface area contributed by atoms with E-state index < -0.39 is 11.9 Å². The van der Waals surface area contributed by atoms with Crippen LogP contribution in [0, 0.1) is 12.8 Å². The van der Waals surface area contributed by atoms with E-state index in [-0.39, 0.29) is 12.4 Å². The van der Waals surface area contributed by atoms with Crippen molar-refractivity contribution in [3.8, 4) is 0 Å². The number of nitrogens with zero attached hydrogens (tertiary/aromatic N) is 1. The molecular weight excluding hydrogens is 218 g/mol. The smallest absolute Gasteiger partial charge is 0.316 e. The number of carbonyl (C=O) groups excluding carboxylic acids is 2. The molecule has 0 aliphatic carbocycles. The number of aromatic nitrogens is 1. The minimum atomic E-state index is -0.747. The first kappa shape index (κ1) is 13.4. The average molecular weight is 235 g/mol. The number of Topliss-reactive ketones (excluding diaryl/α,β-unsaturated/α-hetero) is 1. The van der Waals surface area contributed by atoms with Gasteiger partial charge in [0.1, 0.15) is 11.6 Å². The van der Waals surface area contributed by atoms with Crippen LogP contribution in [0.3, 0.4) is 0 Å². The minimum absolute atomic E-state index is 0.260. The van der Waals surface area contributed by atoms with Crippen LogP contribution in [0.2, 0.25) is 0 Å². The fraction of sp³-hybridized carbons (Fsp3) is 0.462. The van der Waals surface area contributed by atoms with Gasteiger partial charge in [0.15, 0.2) is 5.78 Å². The second kappa shape index (κ2) is 6.13. The Bertz CT molecular complexity index is 415. The maximum atomic E-state index is 12.1. The van der Waals surface area contributed by atoms with E-state index in [9.17, 15) is 9.59 Å². The number of ether oxygens (including phenoxy) is 1. The van der Waals surface area contributed by atoms with E-state index in [4.69, 9.17) is 4.74 Å². The molecule has 0 aliphatic heterocycles. The normalized spacial score (nSPS) is 11.9. The second-order valence-electron chi connectivity index (χ2n) is 3.75. The van der Waals surface area contributed by atoms with Gasteiger partial charge in [0.25, 0.3) is 0 Å². The van der Waals surface area contributed by atoms with Crippen molar-refractivity contribution in [1.82, 2.24) is 4.98 Å². The molecule has 0 saturated carbocycles. The highest BCUT2D eigenvalue weighted by atomic mass is 16.5. The lowest BCUT2D eigenvalue weighted by Crippen LogP contribution is -2.27. The molecule has 1 atom stereocenters. The van der Waals surface area contributed by atoms with Crippen molar-refractivity contribution in [2.24, 2.45) is 5.92 Å². The molecule has 0 radical (unpaired) electrons. The fourth-order valence-corrected chi connectivity index (χ4v) is 1.61. The molecule has 0 fully saturated rings. The van der Waals surface area contributed by atoms with Crippen molar-refractivity contribution < 1.29 is 14.3 Å². The summed E-state index contributed by atoms with van der Waals surface area (Å²) in [5.41, 5.74) is 1.13. The minimum Gasteiger partial charge on any atom is -0.465 e. The van der Waals surface area contributed by atoms with Gasteiger partial charge in [0, 0.05) is 6.20 Å². The third kappa shape index (κ3) is 3.12. The quantitative estimate of drug-likeness (QED) is 0.446. The van der Waals surface area contributed by atoms with E-state index in [0.29, 0.717) is 12.1 Å². The van der Waals surface area contributed by atoms with Gasteiger partial charge in [-0.05, 0) is 31.9 Å². The van der Waals surface area contributed by atoms with Gasteiger partial charge in [0.05, 0.1) is 6.61 Å². The van der Waals surface area contributed by atoms with Gasteiger partial charge in [0.2, 0.25) is 0 Å². The maximum Gasteiger partial charge on any atom is 0.316 e. The van der Waals surface area contributed by atoms with Crippen LogP contribution in [-0.2, 0) is 9.53 Å². The van der Waals surface area contributed by atoms with E-state index in [1.165, 1.54) is 0 Å². The highest BCUT2D eigenvalue weighted by Gasteiger charge is 2.28. The Balaban J connectivity index is 2.94. The van der Waals surface area contributed by atoms with Crippen LogP contribution in [-0.4, -0.2) is 23.3 Å². The Hall–Kier alpha value is -1.71. The van der Waals surface area contributed by atoms with Gasteiger partial charge >= 0.3 is 5.97 Å². The Morgan fingerprint density at radius 3 is 2.65 bits per heavy atom. The molecule has 1 aromatic rings. The van der Waals surface area contributed by atoms with Crippen molar-refractivity contribution in [2.45, 2.75) is 27.2 Å². The third-order valence-corrected chi connectivity index (χ3v) is 2.54. The Labute approximate surface area is 101 Å². The molecule has 0 aromatic carbocycles. The van der Waals surface area contributed by atoms with E-state index in [1.807, 2.05) is 0 Å². The number of hydrogen-bond acceptors (Lipinski definition) is 4. The van der Waals surface area contributed by atoms with Crippen LogP contribution in [0.4, 0.5) is 0 Å². The number of hydrogen-bond donors (Lipinski definition) is 0. The number of aryl methyl sites for hydroxylation is 1. The average Bonchev–Trinajstić information content (AvgIpc) is 2.30. The zero-order chi connectivity index (χ0) is 12.8. The van der Waals surface area contributed by atoms with E-state index in [0.717, 1.165) is 5.56 Å². The molecule has 0 bridgehead atoms. The lowest BCUT2D eigenvalue weighted by atomic mass is 9.96. The molecule has 4 nitrogen and oxygen atoms in total. The van der Waals surface area contributed by atoms with Crippen LogP contribution in [0.25, 0.3) is 0 Å². The van der Waals surface area contributed by atoms with Crippen LogP contribution in [0.1, 0.15) is 36.3 Å². The molecule has 92 valence electrons. The largest absolute Gasteiger partial charge is 0.465 e. The van der Waals surface area contributed by atoms with Crippen LogP contribution >= 0.6 is 0 Å². The summed E-state index contributed by atoms with van der Waals surface area (Å²) in [5.74, 6) is -1.47. The Kier molecular flexibility index (Phi) is 4.82. The molecule has 0 amide bonds. The van der Waals surface area contributed by atoms with Crippen molar-refractivity contribution >= 4 is 11.8 Å². The van der Waals surface area contributed by atoms with Gasteiger partial charge in [-0.2, -0.15) is 0 Å². The lowest BCUT2D eigenvalue weighted by molar-refractivity contribution is -0.146. The SMILES string of the molecule is CCOC(=O)C(CC)C(=O)c1ncccc1C. The molecule has 1 rings (SSSR count). The number of pyridine rings is 1. The molecule has 0 aliphatic rings. The summed E-state index contributed by atoms with van der Waals surface area (Å²) >= 11 is 0. The van der Waals surface area contributed by atoms with Crippen LogP contribution in [0.5, 0.6) is 0 Å². The van der Waals surface area contributed by atoms with Crippen LogP contribution in [0.15, 0.2) is 18.3 Å². The van der Waals surface area contributed by atoms with E-state index in [2.05, 4.69) is 4.98 Å². The van der Waals surface area contributed by atoms with Crippen LogP contribution < -0.4 is 0 Å². The first-order chi connectivity index (χ1) is 8.11. The second-order valence-corrected chi connectivity index (χ2v) is 3.75. The lowest BCUT2D eigenvalue weighted by Gasteiger charge is -2.12. The third-order valence-electron chi connectivity index (χ3n) is 2.54. The van der Waals surface area contributed by atoms with Crippen molar-refractivity contribution in [2.75, 3.05) is 6.61 Å². The summed E-state index contributed by atoms with van der Waals surface area (Å²) in [6.07, 6.45) is 1.98. The number of ketones is 1. The summed E-state index contributed by atoms with van der Waals surface area (Å²) < 4.78 is 4.89. The molecule has 0 N–H and O–H groups in total. The molecule has 4 heteroatoms. The fourth-order valence-electron chi connectivity index (χ4n) is 1.61. The van der Waals surface area contributed by atoms with Crippen molar-refractivity contribution in [3.63, 3.8) is 0 Å². The predicted molar refractivity (Wildman–Crippen MR) is 63.7 cm³/mol. The molecule has 0 spiro atoms. The van der Waals surface area contributed by atoms with Crippen molar-refractivity contribution in [1.29, 1.82) is 0 Å². The molecule has 1 aromatic heterocycles.